The summed E-state index contributed by atoms with van der Waals surface area (Å²) in [6.07, 6.45) is 3.27. The van der Waals surface area contributed by atoms with Crippen molar-refractivity contribution in [3.63, 3.8) is 0 Å². The van der Waals surface area contributed by atoms with Crippen molar-refractivity contribution >= 4 is 63.6 Å². The molecule has 2 aromatic heterocycles. The zero-order chi connectivity index (χ0) is 26.8. The Labute approximate surface area is 230 Å². The lowest BCUT2D eigenvalue weighted by Crippen LogP contribution is -2.22. The minimum atomic E-state index is -0.0338. The largest absolute Gasteiger partial charge is 0.388 e. The van der Waals surface area contributed by atoms with Gasteiger partial charge in [0.1, 0.15) is 5.82 Å². The first kappa shape index (κ1) is 28.6. The summed E-state index contributed by atoms with van der Waals surface area (Å²) in [6, 6.07) is 17.2. The molecule has 5 rings (SSSR count). The molecule has 7 nitrogen and oxygen atoms in total. The summed E-state index contributed by atoms with van der Waals surface area (Å²) >= 11 is 8.32. The van der Waals surface area contributed by atoms with Crippen molar-refractivity contribution in [1.29, 1.82) is 0 Å². The lowest BCUT2D eigenvalue weighted by atomic mass is 10.2. The van der Waals surface area contributed by atoms with Crippen LogP contribution in [0.25, 0.3) is 16.6 Å². The molecule has 1 saturated carbocycles. The summed E-state index contributed by atoms with van der Waals surface area (Å²) in [5.41, 5.74) is 3.57. The molecule has 10 heteroatoms. The molecule has 1 fully saturated rings. The highest BCUT2D eigenvalue weighted by Crippen LogP contribution is 2.29. The second kappa shape index (κ2) is 14.1. The number of thiophene rings is 1. The van der Waals surface area contributed by atoms with Gasteiger partial charge in [0.15, 0.2) is 0 Å². The topological polar surface area (TPSA) is 88.1 Å². The zero-order valence-electron chi connectivity index (χ0n) is 21.4. The molecule has 4 aromatic rings. The molecule has 0 saturated heterocycles. The Balaban J connectivity index is 0.000000266. The smallest absolute Gasteiger partial charge is 0.265 e. The van der Waals surface area contributed by atoms with Crippen LogP contribution in [0.1, 0.15) is 32.5 Å². The van der Waals surface area contributed by atoms with Crippen molar-refractivity contribution in [3.8, 4) is 5.69 Å². The lowest BCUT2D eigenvalue weighted by molar-refractivity contribution is -0.107. The van der Waals surface area contributed by atoms with Gasteiger partial charge in [-0.25, -0.2) is 4.98 Å². The van der Waals surface area contributed by atoms with Gasteiger partial charge in [0.25, 0.3) is 5.56 Å². The average Bonchev–Trinajstić information content (AvgIpc) is 3.66. The number of hydrogen-bond acceptors (Lipinski definition) is 7. The minimum absolute atomic E-state index is 0.0338. The molecule has 2 aromatic carbocycles. The van der Waals surface area contributed by atoms with Crippen LogP contribution in [0.5, 0.6) is 0 Å². The fraction of sp³-hybridized carbons (Fsp3) is 0.296. The quantitative estimate of drug-likeness (QED) is 0.164. The SMILES string of the molecule is CC.CNc1ccc(-n2c(C)nc3cc(NCC4CC4)ccc3c2=O)cc1.O=CNSc1ccc(Cl)s1. The van der Waals surface area contributed by atoms with Crippen LogP contribution in [0.2, 0.25) is 4.34 Å². The van der Waals surface area contributed by atoms with Crippen molar-refractivity contribution < 1.29 is 4.79 Å². The Morgan fingerprint density at radius 1 is 1.11 bits per heavy atom. The number of anilines is 2. The van der Waals surface area contributed by atoms with E-state index in [1.54, 1.807) is 10.6 Å². The molecule has 0 spiro atoms. The number of hydrogen-bond donors (Lipinski definition) is 3. The van der Waals surface area contributed by atoms with Gasteiger partial charge in [0.05, 0.1) is 25.1 Å². The van der Waals surface area contributed by atoms with Gasteiger partial charge in [-0.05, 0) is 92.2 Å². The number of benzene rings is 2. The van der Waals surface area contributed by atoms with E-state index >= 15 is 0 Å². The number of halogens is 1. The normalized spacial score (nSPS) is 12.0. The molecule has 0 atom stereocenters. The van der Waals surface area contributed by atoms with E-state index in [2.05, 4.69) is 20.3 Å². The molecule has 3 N–H and O–H groups in total. The first-order chi connectivity index (χ1) is 18.0. The summed E-state index contributed by atoms with van der Waals surface area (Å²) in [5, 5.41) is 7.16. The van der Waals surface area contributed by atoms with Gasteiger partial charge < -0.3 is 10.6 Å². The van der Waals surface area contributed by atoms with Crippen LogP contribution < -0.4 is 20.9 Å². The predicted molar refractivity (Wildman–Crippen MR) is 159 cm³/mol. The lowest BCUT2D eigenvalue weighted by Gasteiger charge is -2.12. The molecular weight excluding hydrogens is 526 g/mol. The van der Waals surface area contributed by atoms with E-state index in [-0.39, 0.29) is 5.56 Å². The summed E-state index contributed by atoms with van der Waals surface area (Å²) in [7, 11) is 1.87. The van der Waals surface area contributed by atoms with Gasteiger partial charge in [-0.2, -0.15) is 0 Å². The molecule has 0 unspecified atom stereocenters. The second-order valence-electron chi connectivity index (χ2n) is 8.05. The number of fused-ring (bicyclic) bond motifs is 1. The highest BCUT2D eigenvalue weighted by Gasteiger charge is 2.20. The molecule has 37 heavy (non-hydrogen) atoms. The van der Waals surface area contributed by atoms with Crippen molar-refractivity contribution in [2.45, 2.75) is 37.8 Å². The number of nitrogens with zero attached hydrogens (tertiary/aromatic N) is 2. The minimum Gasteiger partial charge on any atom is -0.388 e. The van der Waals surface area contributed by atoms with Crippen LogP contribution in [0.3, 0.4) is 0 Å². The molecule has 196 valence electrons. The first-order valence-electron chi connectivity index (χ1n) is 12.2. The standard InChI is InChI=1S/C20H22N4O.C5H4ClNOS2.C2H6/c1-13-23-19-11-16(22-12-14-3-4-14)7-10-18(19)20(25)24(13)17-8-5-15(21-2)6-9-17;6-4-1-2-5(9-4)10-7-3-8;1-2/h5-11,14,21-22H,3-4,12H2,1-2H3;1-3H,(H,7,8);1-2H3. The predicted octanol–water partition coefficient (Wildman–Crippen LogP) is 6.74. The molecule has 0 bridgehead atoms. The number of rotatable bonds is 8. The fourth-order valence-corrected chi connectivity index (χ4v) is 5.30. The second-order valence-corrected chi connectivity index (χ2v) is 10.9. The third-order valence-electron chi connectivity index (χ3n) is 5.50. The Bertz CT molecular complexity index is 1370. The van der Waals surface area contributed by atoms with Crippen LogP contribution in [-0.4, -0.2) is 29.6 Å². The zero-order valence-corrected chi connectivity index (χ0v) is 23.8. The van der Waals surface area contributed by atoms with Gasteiger partial charge in [0.2, 0.25) is 6.41 Å². The fourth-order valence-electron chi connectivity index (χ4n) is 3.51. The molecule has 2 heterocycles. The van der Waals surface area contributed by atoms with Crippen LogP contribution in [0.4, 0.5) is 11.4 Å². The molecular formula is C27H32ClN5O2S2. The Hall–Kier alpha value is -3.01. The van der Waals surface area contributed by atoms with Crippen molar-refractivity contribution in [2.75, 3.05) is 24.2 Å². The molecule has 1 amide bonds. The van der Waals surface area contributed by atoms with E-state index in [4.69, 9.17) is 11.6 Å². The number of nitrogens with one attached hydrogen (secondary N) is 3. The molecule has 1 aliphatic carbocycles. The Kier molecular flexibility index (Phi) is 10.9. The number of aryl methyl sites for hydroxylation is 1. The maximum atomic E-state index is 13.0. The van der Waals surface area contributed by atoms with Gasteiger partial charge in [-0.15, -0.1) is 11.3 Å². The van der Waals surface area contributed by atoms with Gasteiger partial charge in [0, 0.05) is 25.0 Å². The number of amides is 1. The molecule has 0 radical (unpaired) electrons. The van der Waals surface area contributed by atoms with Crippen molar-refractivity contribution in [2.24, 2.45) is 5.92 Å². The monoisotopic (exact) mass is 557 g/mol. The average molecular weight is 558 g/mol. The summed E-state index contributed by atoms with van der Waals surface area (Å²) in [4.78, 5) is 27.5. The van der Waals surface area contributed by atoms with E-state index in [0.29, 0.717) is 17.6 Å². The van der Waals surface area contributed by atoms with E-state index in [1.807, 2.05) is 76.3 Å². The van der Waals surface area contributed by atoms with Crippen LogP contribution in [-0.2, 0) is 4.79 Å². The van der Waals surface area contributed by atoms with Crippen LogP contribution in [0.15, 0.2) is 63.6 Å². The highest BCUT2D eigenvalue weighted by atomic mass is 35.5. The van der Waals surface area contributed by atoms with Crippen molar-refractivity contribution in [3.05, 3.63) is 75.1 Å². The summed E-state index contributed by atoms with van der Waals surface area (Å²) < 4.78 is 5.85. The number of carbonyl (C=O) groups excluding carboxylic acids is 1. The summed E-state index contributed by atoms with van der Waals surface area (Å²) in [5.74, 6) is 1.49. The van der Waals surface area contributed by atoms with Crippen molar-refractivity contribution in [1.82, 2.24) is 14.3 Å². The molecule has 1 aliphatic rings. The number of carbonyl (C=O) groups is 1. The highest BCUT2D eigenvalue weighted by molar-refractivity contribution is 7.99. The number of aromatic nitrogens is 2. The Morgan fingerprint density at radius 3 is 2.41 bits per heavy atom. The summed E-state index contributed by atoms with van der Waals surface area (Å²) in [6.45, 7) is 6.87. The maximum Gasteiger partial charge on any atom is 0.265 e. The van der Waals surface area contributed by atoms with Crippen LogP contribution >= 0.6 is 34.9 Å². The van der Waals surface area contributed by atoms with E-state index < -0.39 is 0 Å². The van der Waals surface area contributed by atoms with E-state index in [1.165, 1.54) is 36.1 Å². The van der Waals surface area contributed by atoms with Gasteiger partial charge in [-0.3, -0.25) is 18.9 Å². The Morgan fingerprint density at radius 2 is 1.81 bits per heavy atom. The maximum absolute atomic E-state index is 13.0. The third-order valence-corrected chi connectivity index (χ3v) is 7.58. The van der Waals surface area contributed by atoms with Gasteiger partial charge in [-0.1, -0.05) is 25.4 Å². The van der Waals surface area contributed by atoms with E-state index in [0.717, 1.165) is 43.6 Å². The molecule has 0 aliphatic heterocycles. The van der Waals surface area contributed by atoms with Gasteiger partial charge >= 0.3 is 0 Å². The third kappa shape index (κ3) is 7.99. The van der Waals surface area contributed by atoms with Crippen LogP contribution in [0, 0.1) is 12.8 Å². The van der Waals surface area contributed by atoms with E-state index in [9.17, 15) is 9.59 Å². The first-order valence-corrected chi connectivity index (χ1v) is 14.2.